The Morgan fingerprint density at radius 3 is 2.19 bits per heavy atom. The summed E-state index contributed by atoms with van der Waals surface area (Å²) in [5.74, 6) is 0.726. The van der Waals surface area contributed by atoms with Crippen molar-refractivity contribution in [1.29, 1.82) is 0 Å². The molecule has 0 unspecified atom stereocenters. The van der Waals surface area contributed by atoms with E-state index >= 15 is 0 Å². The smallest absolute Gasteiger partial charge is 0.0409 e. The van der Waals surface area contributed by atoms with Crippen LogP contribution in [0.25, 0.3) is 0 Å². The first kappa shape index (κ1) is 11.7. The van der Waals surface area contributed by atoms with Crippen LogP contribution in [0.1, 0.15) is 50.7 Å². The minimum Gasteiger partial charge on any atom is -0.321 e. The maximum Gasteiger partial charge on any atom is 0.0409 e. The van der Waals surface area contributed by atoms with Gasteiger partial charge in [0.1, 0.15) is 0 Å². The highest BCUT2D eigenvalue weighted by molar-refractivity contribution is 5.29. The lowest BCUT2D eigenvalue weighted by Gasteiger charge is -2.24. The van der Waals surface area contributed by atoms with E-state index in [1.807, 2.05) is 0 Å². The van der Waals surface area contributed by atoms with Crippen LogP contribution >= 0.6 is 0 Å². The molecule has 1 aliphatic carbocycles. The van der Waals surface area contributed by atoms with Gasteiger partial charge in [-0.15, -0.1) is 0 Å². The molecule has 2 rings (SSSR count). The van der Waals surface area contributed by atoms with E-state index in [2.05, 4.69) is 38.1 Å². The molecule has 1 fully saturated rings. The molecule has 0 heterocycles. The fraction of sp³-hybridized carbons (Fsp3) is 0.600. The van der Waals surface area contributed by atoms with Crippen molar-refractivity contribution in [2.45, 2.75) is 51.5 Å². The van der Waals surface area contributed by atoms with Crippen LogP contribution in [0.2, 0.25) is 0 Å². The van der Waals surface area contributed by atoms with Crippen LogP contribution in [0.15, 0.2) is 24.3 Å². The molecule has 1 aromatic carbocycles. The van der Waals surface area contributed by atoms with Crippen molar-refractivity contribution >= 4 is 0 Å². The summed E-state index contributed by atoms with van der Waals surface area (Å²) >= 11 is 0. The average molecular weight is 217 g/mol. The normalized spacial score (nSPS) is 19.2. The Labute approximate surface area is 99.0 Å². The second kappa shape index (κ2) is 4.58. The molecule has 1 aliphatic rings. The zero-order valence-corrected chi connectivity index (χ0v) is 10.5. The monoisotopic (exact) mass is 217 g/mol. The molecule has 16 heavy (non-hydrogen) atoms. The average Bonchev–Trinajstić information content (AvgIpc) is 2.66. The first-order valence-corrected chi connectivity index (χ1v) is 6.48. The number of rotatable bonds is 3. The highest BCUT2D eigenvalue weighted by atomic mass is 14.8. The molecule has 1 heteroatoms. The molecule has 0 radical (unpaired) electrons. The van der Waals surface area contributed by atoms with Crippen molar-refractivity contribution in [3.05, 3.63) is 35.4 Å². The Kier molecular flexibility index (Phi) is 3.34. The molecule has 0 spiro atoms. The SMILES string of the molecule is CC(C)Cc1ccc(C2(N)CCCC2)cc1. The summed E-state index contributed by atoms with van der Waals surface area (Å²) in [4.78, 5) is 0. The van der Waals surface area contributed by atoms with Crippen molar-refractivity contribution in [1.82, 2.24) is 0 Å². The van der Waals surface area contributed by atoms with Gasteiger partial charge in [0.2, 0.25) is 0 Å². The number of nitrogens with two attached hydrogens (primary N) is 1. The lowest BCUT2D eigenvalue weighted by Crippen LogP contribution is -2.32. The minimum absolute atomic E-state index is 0.0314. The van der Waals surface area contributed by atoms with Crippen molar-refractivity contribution in [3.8, 4) is 0 Å². The fourth-order valence-corrected chi connectivity index (χ4v) is 2.74. The molecule has 1 saturated carbocycles. The van der Waals surface area contributed by atoms with E-state index in [4.69, 9.17) is 5.73 Å². The third-order valence-corrected chi connectivity index (χ3v) is 3.67. The third kappa shape index (κ3) is 2.46. The van der Waals surface area contributed by atoms with Crippen LogP contribution < -0.4 is 5.73 Å². The van der Waals surface area contributed by atoms with Gasteiger partial charge in [-0.2, -0.15) is 0 Å². The van der Waals surface area contributed by atoms with Crippen LogP contribution in [0.5, 0.6) is 0 Å². The quantitative estimate of drug-likeness (QED) is 0.822. The molecule has 0 aliphatic heterocycles. The van der Waals surface area contributed by atoms with Crippen LogP contribution in [0.3, 0.4) is 0 Å². The van der Waals surface area contributed by atoms with Gasteiger partial charge in [0.15, 0.2) is 0 Å². The largest absolute Gasteiger partial charge is 0.321 e. The summed E-state index contributed by atoms with van der Waals surface area (Å²) < 4.78 is 0. The van der Waals surface area contributed by atoms with Crippen LogP contribution in [0, 0.1) is 5.92 Å². The molecular formula is C15H23N. The fourth-order valence-electron chi connectivity index (χ4n) is 2.74. The highest BCUT2D eigenvalue weighted by Gasteiger charge is 2.30. The maximum absolute atomic E-state index is 6.43. The maximum atomic E-state index is 6.43. The molecule has 0 aromatic heterocycles. The van der Waals surface area contributed by atoms with E-state index in [0.717, 1.165) is 25.2 Å². The summed E-state index contributed by atoms with van der Waals surface area (Å²) in [6.45, 7) is 4.52. The summed E-state index contributed by atoms with van der Waals surface area (Å²) in [5, 5.41) is 0. The summed E-state index contributed by atoms with van der Waals surface area (Å²) in [7, 11) is 0. The van der Waals surface area contributed by atoms with Crippen molar-refractivity contribution in [3.63, 3.8) is 0 Å². The second-order valence-corrected chi connectivity index (χ2v) is 5.66. The van der Waals surface area contributed by atoms with Gasteiger partial charge in [-0.25, -0.2) is 0 Å². The van der Waals surface area contributed by atoms with E-state index in [0.29, 0.717) is 0 Å². The van der Waals surface area contributed by atoms with E-state index in [-0.39, 0.29) is 5.54 Å². The van der Waals surface area contributed by atoms with Gasteiger partial charge in [0.25, 0.3) is 0 Å². The zero-order valence-electron chi connectivity index (χ0n) is 10.5. The first-order chi connectivity index (χ1) is 7.60. The summed E-state index contributed by atoms with van der Waals surface area (Å²) in [6.07, 6.45) is 6.03. The van der Waals surface area contributed by atoms with Crippen LogP contribution in [0.4, 0.5) is 0 Å². The molecule has 0 saturated heterocycles. The Morgan fingerprint density at radius 2 is 1.69 bits per heavy atom. The Hall–Kier alpha value is -0.820. The van der Waals surface area contributed by atoms with Crippen molar-refractivity contribution in [2.75, 3.05) is 0 Å². The lowest BCUT2D eigenvalue weighted by atomic mass is 9.88. The molecule has 0 bridgehead atoms. The van der Waals surface area contributed by atoms with Gasteiger partial charge in [0.05, 0.1) is 0 Å². The van der Waals surface area contributed by atoms with Crippen LogP contribution in [-0.2, 0) is 12.0 Å². The number of hydrogen-bond donors (Lipinski definition) is 1. The predicted molar refractivity (Wildman–Crippen MR) is 69.3 cm³/mol. The van der Waals surface area contributed by atoms with Gasteiger partial charge in [-0.1, -0.05) is 51.0 Å². The number of benzene rings is 1. The lowest BCUT2D eigenvalue weighted by molar-refractivity contribution is 0.461. The van der Waals surface area contributed by atoms with Gasteiger partial charge in [-0.05, 0) is 36.3 Å². The van der Waals surface area contributed by atoms with E-state index < -0.39 is 0 Å². The third-order valence-electron chi connectivity index (χ3n) is 3.67. The minimum atomic E-state index is -0.0314. The predicted octanol–water partition coefficient (Wildman–Crippen LogP) is 3.61. The standard InChI is InChI=1S/C15H23N/c1-12(2)11-13-5-7-14(8-6-13)15(16)9-3-4-10-15/h5-8,12H,3-4,9-11,16H2,1-2H3. The summed E-state index contributed by atoms with van der Waals surface area (Å²) in [6, 6.07) is 8.98. The topological polar surface area (TPSA) is 26.0 Å². The van der Waals surface area contributed by atoms with Gasteiger partial charge in [-0.3, -0.25) is 0 Å². The molecule has 88 valence electrons. The molecule has 0 atom stereocenters. The Balaban J connectivity index is 2.12. The first-order valence-electron chi connectivity index (χ1n) is 6.48. The van der Waals surface area contributed by atoms with E-state index in [9.17, 15) is 0 Å². The Morgan fingerprint density at radius 1 is 1.12 bits per heavy atom. The van der Waals surface area contributed by atoms with Crippen molar-refractivity contribution in [2.24, 2.45) is 11.7 Å². The van der Waals surface area contributed by atoms with Gasteiger partial charge >= 0.3 is 0 Å². The summed E-state index contributed by atoms with van der Waals surface area (Å²) in [5.41, 5.74) is 9.16. The molecule has 1 aromatic rings. The van der Waals surface area contributed by atoms with Crippen molar-refractivity contribution < 1.29 is 0 Å². The molecule has 1 nitrogen and oxygen atoms in total. The van der Waals surface area contributed by atoms with E-state index in [1.54, 1.807) is 0 Å². The number of hydrogen-bond acceptors (Lipinski definition) is 1. The molecule has 0 amide bonds. The molecular weight excluding hydrogens is 194 g/mol. The van der Waals surface area contributed by atoms with E-state index in [1.165, 1.54) is 24.0 Å². The van der Waals surface area contributed by atoms with Crippen LogP contribution in [-0.4, -0.2) is 0 Å². The molecule has 2 N–H and O–H groups in total. The Bertz CT molecular complexity index is 331. The van der Waals surface area contributed by atoms with Gasteiger partial charge in [0, 0.05) is 5.54 Å². The van der Waals surface area contributed by atoms with Gasteiger partial charge < -0.3 is 5.73 Å². The highest BCUT2D eigenvalue weighted by Crippen LogP contribution is 2.36. The second-order valence-electron chi connectivity index (χ2n) is 5.66. The zero-order chi connectivity index (χ0) is 11.6.